The van der Waals surface area contributed by atoms with E-state index in [1.54, 1.807) is 36.4 Å². The van der Waals surface area contributed by atoms with E-state index in [0.717, 1.165) is 12.5 Å². The number of nitriles is 1. The van der Waals surface area contributed by atoms with Gasteiger partial charge in [-0.15, -0.1) is 0 Å². The Morgan fingerprint density at radius 1 is 0.804 bits per heavy atom. The molecule has 0 aromatic heterocycles. The molecule has 4 fully saturated rings. The predicted molar refractivity (Wildman–Crippen MR) is 178 cm³/mol. The van der Waals surface area contributed by atoms with E-state index in [0.29, 0.717) is 25.7 Å². The molecule has 9 N–H and O–H groups in total. The van der Waals surface area contributed by atoms with Crippen molar-refractivity contribution < 1.29 is 52.8 Å². The van der Waals surface area contributed by atoms with Crippen LogP contribution in [0.3, 0.4) is 0 Å². The Hall–Kier alpha value is -3.33. The number of hydrogen-bond acceptors (Lipinski definition) is 9. The summed E-state index contributed by atoms with van der Waals surface area (Å²) < 4.78 is 40.1. The fourth-order valence-corrected chi connectivity index (χ4v) is 7.82. The number of ether oxygens (including phenoxy) is 2. The van der Waals surface area contributed by atoms with Crippen molar-refractivity contribution in [1.29, 1.82) is 5.26 Å². The molecule has 2 aromatic rings. The molecule has 13 nitrogen and oxygen atoms in total. The number of primary amides is 1. The van der Waals surface area contributed by atoms with Crippen LogP contribution in [0.2, 0.25) is 20.1 Å². The zero-order valence-electron chi connectivity index (χ0n) is 26.5. The summed E-state index contributed by atoms with van der Waals surface area (Å²) in [5.74, 6) is -8.92. The zero-order valence-corrected chi connectivity index (χ0v) is 29.5. The molecular weight excluding hydrogens is 764 g/mol. The highest BCUT2D eigenvalue weighted by atomic mass is 35.5. The number of carboxylic acid groups (broad SMARTS) is 3. The van der Waals surface area contributed by atoms with Gasteiger partial charge < -0.3 is 42.0 Å². The zero-order chi connectivity index (χ0) is 38.4. The quantitative estimate of drug-likeness (QED) is 0.210. The number of halogens is 6. The number of hydrogen-bond donors (Lipinski definition) is 6. The number of carbonyl (C=O) groups is 4. The molecule has 19 heteroatoms. The minimum absolute atomic E-state index is 0.000414. The molecule has 0 bridgehead atoms. The molecule has 4 aliphatic rings. The maximum Gasteiger partial charge on any atom is 0.342 e. The molecule has 276 valence electrons. The molecule has 0 heterocycles. The predicted octanol–water partition coefficient (Wildman–Crippen LogP) is 4.14. The first kappa shape index (κ1) is 40.4. The average molecular weight is 796 g/mol. The van der Waals surface area contributed by atoms with Gasteiger partial charge in [-0.3, -0.25) is 14.4 Å². The summed E-state index contributed by atoms with van der Waals surface area (Å²) in [5, 5.41) is 36.7. The highest BCUT2D eigenvalue weighted by Crippen LogP contribution is 2.68. The van der Waals surface area contributed by atoms with Gasteiger partial charge in [0.1, 0.15) is 11.1 Å². The number of fused-ring (bicyclic) bond motifs is 2. The number of benzene rings is 2. The van der Waals surface area contributed by atoms with Gasteiger partial charge in [0.25, 0.3) is 11.9 Å². The summed E-state index contributed by atoms with van der Waals surface area (Å²) in [4.78, 5) is 42.9. The van der Waals surface area contributed by atoms with Crippen molar-refractivity contribution in [1.82, 2.24) is 0 Å². The van der Waals surface area contributed by atoms with Crippen molar-refractivity contribution >= 4 is 70.2 Å². The first-order valence-electron chi connectivity index (χ1n) is 15.1. The van der Waals surface area contributed by atoms with Crippen molar-refractivity contribution in [2.24, 2.45) is 40.9 Å². The summed E-state index contributed by atoms with van der Waals surface area (Å²) in [5.41, 5.74) is 9.94. The van der Waals surface area contributed by atoms with E-state index < -0.39 is 82.1 Å². The Bertz CT molecular complexity index is 1800. The molecule has 4 aliphatic carbocycles. The minimum Gasteiger partial charge on any atom is -0.481 e. The van der Waals surface area contributed by atoms with Crippen LogP contribution in [0.15, 0.2) is 36.4 Å². The topological polar surface area (TPSA) is 249 Å². The molecule has 10 atom stereocenters. The number of nitrogens with two attached hydrogens (primary N) is 3. The van der Waals surface area contributed by atoms with Crippen molar-refractivity contribution in [3.05, 3.63) is 67.6 Å². The summed E-state index contributed by atoms with van der Waals surface area (Å²) in [6.07, 6.45) is -1.57. The van der Waals surface area contributed by atoms with Gasteiger partial charge in [-0.1, -0.05) is 58.5 Å². The molecule has 0 unspecified atom stereocenters. The number of alkyl halides is 2. The number of rotatable bonds is 9. The van der Waals surface area contributed by atoms with E-state index in [1.165, 1.54) is 0 Å². The normalized spacial score (nSPS) is 35.1. The van der Waals surface area contributed by atoms with Crippen LogP contribution in [-0.2, 0) is 41.9 Å². The SMILES string of the molecule is CC(=O)O.N#C[C@@]1(N)[C@H]2[C@@H](C[C@H]1OCc1ccc(Cl)c(Cl)c1)[C@]2(F)C(N)=O.N[C@]1(C(=O)O)[C@H]2[C@@H](C[C@H]1OCc1ccc(Cl)c(Cl)c1)[C@]2(F)C(=O)O. The smallest absolute Gasteiger partial charge is 0.342 e. The van der Waals surface area contributed by atoms with Crippen LogP contribution in [0.5, 0.6) is 0 Å². The summed E-state index contributed by atoms with van der Waals surface area (Å²) in [7, 11) is 0. The molecular formula is C32H32Cl4F2N4O9. The standard InChI is InChI=1S/C15H14Cl2FN3O2.C15H14Cl2FNO5.C2H4O2/c16-9-2-1-7(3-10(9)17)5-23-11-4-8-12(14(11,21)6-19)15(8,18)13(20)22;16-8-2-1-6(3-9(8)17)5-24-10-4-7-11(14(7,18)12(20)21)15(10,19)13(22)23;1-2(3)4/h1-3,8,11-12H,4-5,21H2,(H2,20,22);1-3,7,10-11H,4-5,19H2,(H,20,21)(H,22,23);1H3,(H,3,4)/t8-,11-,12-,14+,15-;7-,10-,11+,14-,15+;/m11./s1. The maximum absolute atomic E-state index is 14.5. The van der Waals surface area contributed by atoms with Crippen LogP contribution in [0.1, 0.15) is 30.9 Å². The van der Waals surface area contributed by atoms with E-state index in [9.17, 15) is 33.5 Å². The average Bonchev–Trinajstić information content (AvgIpc) is 3.75. The third-order valence-corrected chi connectivity index (χ3v) is 11.2. The van der Waals surface area contributed by atoms with E-state index in [2.05, 4.69) is 0 Å². The lowest BCUT2D eigenvalue weighted by Crippen LogP contribution is -2.60. The first-order valence-corrected chi connectivity index (χ1v) is 16.6. The highest BCUT2D eigenvalue weighted by Gasteiger charge is 2.85. The first-order chi connectivity index (χ1) is 23.6. The van der Waals surface area contributed by atoms with E-state index in [4.69, 9.17) is 88.1 Å². The second kappa shape index (κ2) is 14.6. The number of aliphatic carboxylic acids is 3. The van der Waals surface area contributed by atoms with Crippen LogP contribution in [0, 0.1) is 35.0 Å². The molecule has 51 heavy (non-hydrogen) atoms. The second-order valence-electron chi connectivity index (χ2n) is 12.7. The van der Waals surface area contributed by atoms with Gasteiger partial charge in [0.2, 0.25) is 5.67 Å². The Morgan fingerprint density at radius 2 is 1.24 bits per heavy atom. The van der Waals surface area contributed by atoms with Gasteiger partial charge in [0, 0.05) is 30.6 Å². The Balaban J connectivity index is 0.000000207. The highest BCUT2D eigenvalue weighted by molar-refractivity contribution is 6.42. The minimum atomic E-state index is -2.60. The van der Waals surface area contributed by atoms with E-state index >= 15 is 0 Å². The van der Waals surface area contributed by atoms with Gasteiger partial charge in [-0.2, -0.15) is 5.26 Å². The van der Waals surface area contributed by atoms with Crippen molar-refractivity contribution in [3.8, 4) is 6.07 Å². The van der Waals surface area contributed by atoms with Crippen LogP contribution in [-0.4, -0.2) is 73.8 Å². The van der Waals surface area contributed by atoms with Crippen LogP contribution in [0.4, 0.5) is 8.78 Å². The summed E-state index contributed by atoms with van der Waals surface area (Å²) >= 11 is 23.5. The van der Waals surface area contributed by atoms with Gasteiger partial charge in [0.05, 0.1) is 51.6 Å². The van der Waals surface area contributed by atoms with Crippen LogP contribution in [0.25, 0.3) is 0 Å². The van der Waals surface area contributed by atoms with Crippen molar-refractivity contribution in [2.75, 3.05) is 0 Å². The lowest BCUT2D eigenvalue weighted by molar-refractivity contribution is -0.156. The molecule has 0 spiro atoms. The fraction of sp³-hybridized carbons (Fsp3) is 0.469. The molecule has 4 saturated carbocycles. The lowest BCUT2D eigenvalue weighted by atomic mass is 9.88. The van der Waals surface area contributed by atoms with Gasteiger partial charge in [-0.25, -0.2) is 13.6 Å². The molecule has 1 amide bonds. The third-order valence-electron chi connectivity index (χ3n) is 9.74. The third kappa shape index (κ3) is 7.21. The molecule has 0 radical (unpaired) electrons. The molecule has 0 aliphatic heterocycles. The Kier molecular flexibility index (Phi) is 11.6. The maximum atomic E-state index is 14.5. The largest absolute Gasteiger partial charge is 0.481 e. The second-order valence-corrected chi connectivity index (χ2v) is 14.4. The monoisotopic (exact) mass is 794 g/mol. The fourth-order valence-electron chi connectivity index (χ4n) is 7.18. The van der Waals surface area contributed by atoms with E-state index in [-0.39, 0.29) is 26.1 Å². The van der Waals surface area contributed by atoms with Crippen LogP contribution < -0.4 is 17.2 Å². The summed E-state index contributed by atoms with van der Waals surface area (Å²) in [6, 6.07) is 11.7. The number of carbonyl (C=O) groups excluding carboxylic acids is 1. The van der Waals surface area contributed by atoms with Gasteiger partial charge >= 0.3 is 11.9 Å². The van der Waals surface area contributed by atoms with Crippen molar-refractivity contribution in [2.45, 2.75) is 67.6 Å². The molecule has 6 rings (SSSR count). The number of carboxylic acids is 3. The number of nitrogens with zero attached hydrogens (tertiary/aromatic N) is 1. The van der Waals surface area contributed by atoms with Crippen molar-refractivity contribution in [3.63, 3.8) is 0 Å². The van der Waals surface area contributed by atoms with Crippen LogP contribution >= 0.6 is 46.4 Å². The van der Waals surface area contributed by atoms with Gasteiger partial charge in [-0.05, 0) is 48.2 Å². The molecule has 0 saturated heterocycles. The molecule has 2 aromatic carbocycles. The summed E-state index contributed by atoms with van der Waals surface area (Å²) in [6.45, 7) is 1.23. The van der Waals surface area contributed by atoms with Gasteiger partial charge in [0.15, 0.2) is 5.67 Å². The van der Waals surface area contributed by atoms with E-state index in [1.807, 2.05) is 6.07 Å². The number of amides is 1. The Morgan fingerprint density at radius 3 is 1.63 bits per heavy atom. The lowest BCUT2D eigenvalue weighted by Gasteiger charge is -2.31. The Labute approximate surface area is 309 Å².